The van der Waals surface area contributed by atoms with E-state index in [0.29, 0.717) is 23.1 Å². The molecule has 0 amide bonds. The van der Waals surface area contributed by atoms with Crippen molar-refractivity contribution in [2.24, 2.45) is 13.0 Å². The minimum atomic E-state index is -3.36. The van der Waals surface area contributed by atoms with Crippen molar-refractivity contribution in [1.29, 1.82) is 0 Å². The minimum Gasteiger partial charge on any atom is -0.271 e. The van der Waals surface area contributed by atoms with E-state index in [2.05, 4.69) is 5.10 Å². The fraction of sp³-hybridized carbons (Fsp3) is 0.750. The van der Waals surface area contributed by atoms with Gasteiger partial charge in [-0.3, -0.25) is 4.68 Å². The van der Waals surface area contributed by atoms with Crippen molar-refractivity contribution in [3.05, 3.63) is 11.4 Å². The number of hydrogen-bond donors (Lipinski definition) is 0. The molecule has 3 rings (SSSR count). The first kappa shape index (κ1) is 12.2. The van der Waals surface area contributed by atoms with Crippen LogP contribution in [-0.4, -0.2) is 35.1 Å². The topological polar surface area (TPSA) is 55.2 Å². The van der Waals surface area contributed by atoms with Crippen LogP contribution in [0.25, 0.3) is 0 Å². The highest BCUT2D eigenvalue weighted by molar-refractivity contribution is 7.89. The Bertz CT molecular complexity index is 591. The van der Waals surface area contributed by atoms with E-state index in [-0.39, 0.29) is 6.04 Å². The standard InChI is InChI=1S/C12H19N3O2S/c1-8-12(9(2)14(3)13-8)18(16,17)15-6-4-5-10-7-11(10)15/h10-11H,4-7H2,1-3H3. The van der Waals surface area contributed by atoms with Crippen molar-refractivity contribution >= 4 is 10.0 Å². The molecule has 2 heterocycles. The molecule has 5 nitrogen and oxygen atoms in total. The van der Waals surface area contributed by atoms with Crippen LogP contribution in [0.4, 0.5) is 0 Å². The zero-order valence-electron chi connectivity index (χ0n) is 11.0. The molecule has 100 valence electrons. The molecule has 1 aliphatic carbocycles. The lowest BCUT2D eigenvalue weighted by Gasteiger charge is -2.25. The molecule has 1 aliphatic heterocycles. The van der Waals surface area contributed by atoms with Crippen LogP contribution in [0.5, 0.6) is 0 Å². The average Bonchev–Trinajstić information content (AvgIpc) is 3.01. The number of aromatic nitrogens is 2. The summed E-state index contributed by atoms with van der Waals surface area (Å²) in [5, 5.41) is 4.22. The molecule has 0 N–H and O–H groups in total. The summed E-state index contributed by atoms with van der Waals surface area (Å²) in [6.07, 6.45) is 3.21. The van der Waals surface area contributed by atoms with Crippen LogP contribution in [0.15, 0.2) is 4.90 Å². The van der Waals surface area contributed by atoms with E-state index in [9.17, 15) is 8.42 Å². The van der Waals surface area contributed by atoms with Gasteiger partial charge >= 0.3 is 0 Å². The molecular weight excluding hydrogens is 250 g/mol. The van der Waals surface area contributed by atoms with Gasteiger partial charge in [-0.1, -0.05) is 0 Å². The Balaban J connectivity index is 2.04. The second-order valence-electron chi connectivity index (χ2n) is 5.44. The molecule has 2 aliphatic rings. The lowest BCUT2D eigenvalue weighted by atomic mass is 10.2. The molecule has 2 atom stereocenters. The number of nitrogens with zero attached hydrogens (tertiary/aromatic N) is 3. The molecule has 2 unspecified atom stereocenters. The molecule has 2 fully saturated rings. The third-order valence-corrected chi connectivity index (χ3v) is 6.40. The number of fused-ring (bicyclic) bond motifs is 1. The van der Waals surface area contributed by atoms with E-state index in [4.69, 9.17) is 0 Å². The highest BCUT2D eigenvalue weighted by Crippen LogP contribution is 2.45. The first-order chi connectivity index (χ1) is 8.43. The Hall–Kier alpha value is -0.880. The van der Waals surface area contributed by atoms with Gasteiger partial charge in [0.1, 0.15) is 4.90 Å². The fourth-order valence-electron chi connectivity index (χ4n) is 3.11. The summed E-state index contributed by atoms with van der Waals surface area (Å²) in [5.74, 6) is 0.603. The molecular formula is C12H19N3O2S. The molecule has 0 radical (unpaired) electrons. The van der Waals surface area contributed by atoms with Crippen molar-refractivity contribution in [1.82, 2.24) is 14.1 Å². The molecule has 1 aromatic rings. The van der Waals surface area contributed by atoms with Crippen molar-refractivity contribution in [2.75, 3.05) is 6.54 Å². The summed E-state index contributed by atoms with van der Waals surface area (Å²) in [5.41, 5.74) is 1.34. The van der Waals surface area contributed by atoms with Gasteiger partial charge in [-0.25, -0.2) is 8.42 Å². The summed E-state index contributed by atoms with van der Waals surface area (Å²) >= 11 is 0. The molecule has 0 bridgehead atoms. The van der Waals surface area contributed by atoms with Crippen molar-refractivity contribution in [3.63, 3.8) is 0 Å². The number of hydrogen-bond acceptors (Lipinski definition) is 3. The summed E-state index contributed by atoms with van der Waals surface area (Å²) in [6.45, 7) is 4.26. The average molecular weight is 269 g/mol. The maximum absolute atomic E-state index is 12.8. The van der Waals surface area contributed by atoms with E-state index in [1.165, 1.54) is 6.42 Å². The van der Waals surface area contributed by atoms with Crippen molar-refractivity contribution in [3.8, 4) is 0 Å². The largest absolute Gasteiger partial charge is 0.271 e. The van der Waals surface area contributed by atoms with E-state index in [1.54, 1.807) is 23.0 Å². The molecule has 1 aromatic heterocycles. The third-order valence-electron chi connectivity index (χ3n) is 4.22. The monoisotopic (exact) mass is 269 g/mol. The summed E-state index contributed by atoms with van der Waals surface area (Å²) in [4.78, 5) is 0.414. The molecule has 0 spiro atoms. The van der Waals surface area contributed by atoms with Gasteiger partial charge in [-0.2, -0.15) is 9.40 Å². The highest BCUT2D eigenvalue weighted by Gasteiger charge is 2.49. The predicted octanol–water partition coefficient (Wildman–Crippen LogP) is 1.21. The summed E-state index contributed by atoms with van der Waals surface area (Å²) in [7, 11) is -1.57. The second-order valence-corrected chi connectivity index (χ2v) is 7.27. The van der Waals surface area contributed by atoms with Crippen LogP contribution in [0.3, 0.4) is 0 Å². The van der Waals surface area contributed by atoms with Gasteiger partial charge in [0.05, 0.1) is 11.4 Å². The number of rotatable bonds is 2. The molecule has 18 heavy (non-hydrogen) atoms. The maximum atomic E-state index is 12.8. The molecule has 1 saturated carbocycles. The number of aryl methyl sites for hydroxylation is 2. The number of piperidine rings is 1. The SMILES string of the molecule is Cc1nn(C)c(C)c1S(=O)(=O)N1CCCC2CC21. The van der Waals surface area contributed by atoms with Gasteiger partial charge in [0.25, 0.3) is 0 Å². The van der Waals surface area contributed by atoms with Crippen molar-refractivity contribution in [2.45, 2.75) is 44.0 Å². The van der Waals surface area contributed by atoms with Crippen molar-refractivity contribution < 1.29 is 8.42 Å². The lowest BCUT2D eigenvalue weighted by molar-refractivity contribution is 0.334. The zero-order valence-corrected chi connectivity index (χ0v) is 11.9. The van der Waals surface area contributed by atoms with Crippen LogP contribution >= 0.6 is 0 Å². The normalized spacial score (nSPS) is 28.2. The molecule has 1 saturated heterocycles. The van der Waals surface area contributed by atoms with Gasteiger partial charge in [0.2, 0.25) is 10.0 Å². The van der Waals surface area contributed by atoms with Gasteiger partial charge in [0, 0.05) is 19.6 Å². The Morgan fingerprint density at radius 1 is 1.33 bits per heavy atom. The Labute approximate surface area is 108 Å². The first-order valence-corrected chi connectivity index (χ1v) is 7.89. The Kier molecular flexibility index (Phi) is 2.57. The van der Waals surface area contributed by atoms with Crippen LogP contribution < -0.4 is 0 Å². The van der Waals surface area contributed by atoms with Crippen LogP contribution in [0.2, 0.25) is 0 Å². The predicted molar refractivity (Wildman–Crippen MR) is 67.7 cm³/mol. The lowest BCUT2D eigenvalue weighted by Crippen LogP contribution is -2.37. The summed E-state index contributed by atoms with van der Waals surface area (Å²) in [6, 6.07) is 0.253. The zero-order chi connectivity index (χ0) is 13.1. The van der Waals surface area contributed by atoms with Crippen LogP contribution in [0.1, 0.15) is 30.7 Å². The van der Waals surface area contributed by atoms with E-state index < -0.39 is 10.0 Å². The second kappa shape index (κ2) is 3.81. The smallest absolute Gasteiger partial charge is 0.247 e. The number of sulfonamides is 1. The van der Waals surface area contributed by atoms with E-state index in [0.717, 1.165) is 18.5 Å². The van der Waals surface area contributed by atoms with E-state index >= 15 is 0 Å². The van der Waals surface area contributed by atoms with Gasteiger partial charge in [-0.15, -0.1) is 0 Å². The van der Waals surface area contributed by atoms with Gasteiger partial charge < -0.3 is 0 Å². The molecule has 0 aromatic carbocycles. The Morgan fingerprint density at radius 3 is 2.67 bits per heavy atom. The van der Waals surface area contributed by atoms with Crippen LogP contribution in [0, 0.1) is 19.8 Å². The van der Waals surface area contributed by atoms with Crippen LogP contribution in [-0.2, 0) is 17.1 Å². The van der Waals surface area contributed by atoms with Gasteiger partial charge in [0.15, 0.2) is 0 Å². The Morgan fingerprint density at radius 2 is 2.06 bits per heavy atom. The summed E-state index contributed by atoms with van der Waals surface area (Å²) < 4.78 is 28.9. The maximum Gasteiger partial charge on any atom is 0.247 e. The molecule has 6 heteroatoms. The van der Waals surface area contributed by atoms with Gasteiger partial charge in [-0.05, 0) is 39.0 Å². The van der Waals surface area contributed by atoms with E-state index in [1.807, 2.05) is 6.92 Å². The first-order valence-electron chi connectivity index (χ1n) is 6.45. The fourth-order valence-corrected chi connectivity index (χ4v) is 5.25. The minimum absolute atomic E-state index is 0.253. The highest BCUT2D eigenvalue weighted by atomic mass is 32.2. The quantitative estimate of drug-likeness (QED) is 0.811. The third kappa shape index (κ3) is 1.62.